The van der Waals surface area contributed by atoms with E-state index < -0.39 is 35.0 Å². The maximum Gasteiger partial charge on any atom is 0.339 e. The summed E-state index contributed by atoms with van der Waals surface area (Å²) in [6, 6.07) is 8.01. The number of ether oxygens (including phenoxy) is 1. The Labute approximate surface area is 143 Å². The molecule has 0 unspecified atom stereocenters. The Hall–Kier alpha value is -3.20. The number of benzene rings is 1. The van der Waals surface area contributed by atoms with E-state index in [4.69, 9.17) is 4.74 Å². The molecule has 1 heterocycles. The number of rotatable bonds is 6. The molecule has 1 aliphatic heterocycles. The first-order valence-electron chi connectivity index (χ1n) is 7.44. The molecule has 4 N–H and O–H groups in total. The van der Waals surface area contributed by atoms with Crippen molar-refractivity contribution in [2.24, 2.45) is 0 Å². The number of hydrogen-bond acceptors (Lipinski definition) is 7. The van der Waals surface area contributed by atoms with Crippen molar-refractivity contribution in [1.82, 2.24) is 16.0 Å². The molecule has 0 saturated carbocycles. The van der Waals surface area contributed by atoms with E-state index in [-0.39, 0.29) is 13.2 Å². The van der Waals surface area contributed by atoms with Crippen molar-refractivity contribution in [3.8, 4) is 0 Å². The van der Waals surface area contributed by atoms with Crippen LogP contribution in [-0.4, -0.2) is 41.1 Å². The molecular weight excluding hydrogens is 330 g/mol. The lowest BCUT2D eigenvalue weighted by atomic mass is 9.90. The van der Waals surface area contributed by atoms with Gasteiger partial charge in [0.2, 0.25) is 0 Å². The maximum absolute atomic E-state index is 12.1. The minimum Gasteiger partial charge on any atom is -0.462 e. The van der Waals surface area contributed by atoms with Crippen LogP contribution in [-0.2, 0) is 25.7 Å². The summed E-state index contributed by atoms with van der Waals surface area (Å²) in [7, 11) is 0. The van der Waals surface area contributed by atoms with Gasteiger partial charge in [-0.15, -0.1) is 0 Å². The summed E-state index contributed by atoms with van der Waals surface area (Å²) in [5.41, 5.74) is -2.65. The molecule has 0 radical (unpaired) electrons. The largest absolute Gasteiger partial charge is 0.462 e. The lowest BCUT2D eigenvalue weighted by molar-refractivity contribution is -0.156. The van der Waals surface area contributed by atoms with Gasteiger partial charge >= 0.3 is 12.0 Å². The van der Waals surface area contributed by atoms with Crippen molar-refractivity contribution in [2.45, 2.75) is 19.1 Å². The molecule has 4 amide bonds. The quantitative estimate of drug-likeness (QED) is 0.304. The van der Waals surface area contributed by atoms with Gasteiger partial charge in [0.05, 0.1) is 6.61 Å². The van der Waals surface area contributed by atoms with Crippen molar-refractivity contribution < 1.29 is 29.0 Å². The average molecular weight is 347 g/mol. The molecule has 1 saturated heterocycles. The number of carbonyl (C=O) groups excluding carboxylic acids is 4. The number of nitrogens with one attached hydrogen (secondary N) is 3. The van der Waals surface area contributed by atoms with Gasteiger partial charge in [-0.25, -0.2) is 9.59 Å². The van der Waals surface area contributed by atoms with Crippen LogP contribution in [0.3, 0.4) is 0 Å². The van der Waals surface area contributed by atoms with E-state index >= 15 is 0 Å². The molecule has 1 aliphatic rings. The third kappa shape index (κ3) is 3.83. The number of imide groups is 2. The average Bonchev–Trinajstić information content (AvgIpc) is 2.57. The van der Waals surface area contributed by atoms with Crippen LogP contribution in [0.1, 0.15) is 12.5 Å². The Morgan fingerprint density at radius 2 is 1.80 bits per heavy atom. The van der Waals surface area contributed by atoms with Gasteiger partial charge in [-0.1, -0.05) is 30.3 Å². The monoisotopic (exact) mass is 347 g/mol. The molecule has 1 aromatic rings. The van der Waals surface area contributed by atoms with Crippen molar-refractivity contribution in [3.05, 3.63) is 47.7 Å². The number of aliphatic hydroxyl groups is 1. The molecule has 25 heavy (non-hydrogen) atoms. The highest BCUT2D eigenvalue weighted by Gasteiger charge is 2.54. The molecule has 9 nitrogen and oxygen atoms in total. The number of hydrogen-bond donors (Lipinski definition) is 4. The topological polar surface area (TPSA) is 134 Å². The minimum absolute atomic E-state index is 0.0346. The van der Waals surface area contributed by atoms with Crippen LogP contribution >= 0.6 is 0 Å². The summed E-state index contributed by atoms with van der Waals surface area (Å²) in [4.78, 5) is 47.3. The number of urea groups is 1. The van der Waals surface area contributed by atoms with Crippen molar-refractivity contribution >= 4 is 23.8 Å². The highest BCUT2D eigenvalue weighted by atomic mass is 16.5. The molecule has 9 heteroatoms. The Bertz CT molecular complexity index is 709. The molecule has 0 atom stereocenters. The van der Waals surface area contributed by atoms with E-state index in [1.54, 1.807) is 10.6 Å². The second-order valence-corrected chi connectivity index (χ2v) is 5.09. The maximum atomic E-state index is 12.1. The molecule has 0 aromatic heterocycles. The fourth-order valence-corrected chi connectivity index (χ4v) is 2.15. The molecule has 0 bridgehead atoms. The van der Waals surface area contributed by atoms with Crippen LogP contribution in [0.5, 0.6) is 0 Å². The van der Waals surface area contributed by atoms with Gasteiger partial charge < -0.3 is 15.2 Å². The van der Waals surface area contributed by atoms with E-state index in [2.05, 4.69) is 5.32 Å². The van der Waals surface area contributed by atoms with E-state index in [0.29, 0.717) is 0 Å². The standard InChI is InChI=1S/C16H17N3O6/c1-2-25-12(20)11(9-17-8-10-6-4-3-5-7-10)16(24)13(21)18-15(23)19-14(16)22/h3-7,9,17,24H,2,8H2,1H3,(H2,18,19,21,22,23)/b11-9+. The molecule has 0 spiro atoms. The van der Waals surface area contributed by atoms with Crippen LogP contribution in [0.25, 0.3) is 0 Å². The lowest BCUT2D eigenvalue weighted by Gasteiger charge is -2.30. The number of barbiturate groups is 1. The third-order valence-electron chi connectivity index (χ3n) is 3.39. The molecule has 1 aromatic carbocycles. The number of amides is 4. The third-order valence-corrected chi connectivity index (χ3v) is 3.39. The zero-order valence-corrected chi connectivity index (χ0v) is 13.4. The molecular formula is C16H17N3O6. The second kappa shape index (κ2) is 7.58. The van der Waals surface area contributed by atoms with Gasteiger partial charge in [0.25, 0.3) is 17.4 Å². The molecule has 1 fully saturated rings. The number of esters is 1. The van der Waals surface area contributed by atoms with Gasteiger partial charge in [-0.2, -0.15) is 0 Å². The highest BCUT2D eigenvalue weighted by molar-refractivity contribution is 6.26. The SMILES string of the molecule is CCOC(=O)/C(=C\NCc1ccccc1)C1(O)C(=O)NC(=O)NC1=O. The first-order chi connectivity index (χ1) is 11.9. The van der Waals surface area contributed by atoms with E-state index in [9.17, 15) is 24.3 Å². The summed E-state index contributed by atoms with van der Waals surface area (Å²) < 4.78 is 4.80. The van der Waals surface area contributed by atoms with Crippen LogP contribution in [0, 0.1) is 0 Å². The van der Waals surface area contributed by atoms with E-state index in [0.717, 1.165) is 11.8 Å². The van der Waals surface area contributed by atoms with Crippen molar-refractivity contribution in [3.63, 3.8) is 0 Å². The number of carbonyl (C=O) groups is 4. The minimum atomic E-state index is -2.89. The lowest BCUT2D eigenvalue weighted by Crippen LogP contribution is -2.68. The van der Waals surface area contributed by atoms with Crippen molar-refractivity contribution in [2.75, 3.05) is 6.61 Å². The van der Waals surface area contributed by atoms with Crippen molar-refractivity contribution in [1.29, 1.82) is 0 Å². The second-order valence-electron chi connectivity index (χ2n) is 5.09. The summed E-state index contributed by atoms with van der Waals surface area (Å²) in [5.74, 6) is -3.73. The molecule has 0 aliphatic carbocycles. The van der Waals surface area contributed by atoms with Gasteiger partial charge in [-0.05, 0) is 12.5 Å². The first kappa shape index (κ1) is 18.1. The van der Waals surface area contributed by atoms with Gasteiger partial charge in [0, 0.05) is 12.7 Å². The fraction of sp³-hybridized carbons (Fsp3) is 0.250. The molecule has 2 rings (SSSR count). The van der Waals surface area contributed by atoms with E-state index in [1.807, 2.05) is 30.3 Å². The first-order valence-corrected chi connectivity index (χ1v) is 7.44. The van der Waals surface area contributed by atoms with Crippen LogP contribution < -0.4 is 16.0 Å². The van der Waals surface area contributed by atoms with Gasteiger partial charge in [0.1, 0.15) is 5.57 Å². The Kier molecular flexibility index (Phi) is 5.50. The van der Waals surface area contributed by atoms with Crippen LogP contribution in [0.15, 0.2) is 42.1 Å². The molecule has 132 valence electrons. The highest BCUT2D eigenvalue weighted by Crippen LogP contribution is 2.21. The normalized spacial score (nSPS) is 16.7. The van der Waals surface area contributed by atoms with Gasteiger partial charge in [-0.3, -0.25) is 20.2 Å². The summed E-state index contributed by atoms with van der Waals surface area (Å²) in [6.45, 7) is 1.76. The predicted octanol–water partition coefficient (Wildman–Crippen LogP) is -0.680. The van der Waals surface area contributed by atoms with Crippen LogP contribution in [0.2, 0.25) is 0 Å². The van der Waals surface area contributed by atoms with E-state index in [1.165, 1.54) is 6.92 Å². The summed E-state index contributed by atoms with van der Waals surface area (Å²) >= 11 is 0. The Morgan fingerprint density at radius 3 is 2.36 bits per heavy atom. The van der Waals surface area contributed by atoms with Crippen LogP contribution in [0.4, 0.5) is 4.79 Å². The van der Waals surface area contributed by atoms with Gasteiger partial charge in [0.15, 0.2) is 0 Å². The zero-order chi connectivity index (χ0) is 18.4. The fourth-order valence-electron chi connectivity index (χ4n) is 2.15. The Morgan fingerprint density at radius 1 is 1.20 bits per heavy atom. The smallest absolute Gasteiger partial charge is 0.339 e. The summed E-state index contributed by atoms with van der Waals surface area (Å²) in [5, 5.41) is 16.7. The predicted molar refractivity (Wildman–Crippen MR) is 84.6 cm³/mol. The summed E-state index contributed by atoms with van der Waals surface area (Å²) in [6.07, 6.45) is 1.03. The zero-order valence-electron chi connectivity index (χ0n) is 13.4. The Balaban J connectivity index is 2.30.